The highest BCUT2D eigenvalue weighted by atomic mass is 19.3. The molecule has 9 heteroatoms. The molecule has 0 amide bonds. The zero-order valence-electron chi connectivity index (χ0n) is 14.3. The second kappa shape index (κ2) is 6.58. The van der Waals surface area contributed by atoms with Crippen LogP contribution in [0.4, 0.5) is 14.6 Å². The molecule has 0 bridgehead atoms. The van der Waals surface area contributed by atoms with E-state index < -0.39 is 11.8 Å². The summed E-state index contributed by atoms with van der Waals surface area (Å²) in [7, 11) is 0. The van der Waals surface area contributed by atoms with Gasteiger partial charge in [-0.25, -0.2) is 13.5 Å². The summed E-state index contributed by atoms with van der Waals surface area (Å²) >= 11 is 0. The van der Waals surface area contributed by atoms with Crippen molar-refractivity contribution in [3.63, 3.8) is 0 Å². The van der Waals surface area contributed by atoms with Crippen LogP contribution in [0.1, 0.15) is 17.9 Å². The molecule has 3 aromatic rings. The maximum Gasteiger partial charge on any atom is 0.267 e. The number of anilines is 1. The Bertz CT molecular complexity index is 974. The molecule has 3 heterocycles. The SMILES string of the molecule is Nc1nnc(-c2ccccc2O)cc1-n1cc(C2CCNCC2(F)F)cn1. The molecule has 4 rings (SSSR count). The monoisotopic (exact) mass is 372 g/mol. The molecule has 27 heavy (non-hydrogen) atoms. The standard InChI is InChI=1S/C18H18F2N6O/c19-18(20)10-22-6-5-13(18)11-8-23-26(9-11)15-7-14(24-25-17(15)21)12-3-1-2-4-16(12)27/h1-4,7-9,13,22,27H,5-6,10H2,(H2,21,25). The minimum Gasteiger partial charge on any atom is -0.507 e. The highest BCUT2D eigenvalue weighted by Crippen LogP contribution is 2.38. The van der Waals surface area contributed by atoms with Crippen LogP contribution < -0.4 is 11.1 Å². The normalized spacial score (nSPS) is 19.1. The number of phenolic OH excluding ortho intramolecular Hbond substituents is 1. The number of rotatable bonds is 3. The minimum atomic E-state index is -2.84. The van der Waals surface area contributed by atoms with Gasteiger partial charge in [-0.15, -0.1) is 10.2 Å². The molecule has 2 aromatic heterocycles. The number of nitrogens with zero attached hydrogens (tertiary/aromatic N) is 4. The Morgan fingerprint density at radius 1 is 1.26 bits per heavy atom. The van der Waals surface area contributed by atoms with Gasteiger partial charge in [-0.3, -0.25) is 0 Å². The third-order valence-electron chi connectivity index (χ3n) is 4.71. The Balaban J connectivity index is 1.71. The van der Waals surface area contributed by atoms with Gasteiger partial charge in [-0.2, -0.15) is 5.10 Å². The Hall–Kier alpha value is -3.07. The number of hydrogen-bond acceptors (Lipinski definition) is 6. The number of phenols is 1. The summed E-state index contributed by atoms with van der Waals surface area (Å²) in [6.45, 7) is 0.182. The molecule has 7 nitrogen and oxygen atoms in total. The number of piperidine rings is 1. The lowest BCUT2D eigenvalue weighted by atomic mass is 9.89. The van der Waals surface area contributed by atoms with Crippen molar-refractivity contribution >= 4 is 5.82 Å². The van der Waals surface area contributed by atoms with Gasteiger partial charge in [0.2, 0.25) is 0 Å². The predicted octanol–water partition coefficient (Wildman–Crippen LogP) is 2.33. The predicted molar refractivity (Wildman–Crippen MR) is 95.8 cm³/mol. The largest absolute Gasteiger partial charge is 0.507 e. The van der Waals surface area contributed by atoms with Crippen LogP contribution in [-0.4, -0.2) is 44.1 Å². The first-order valence-corrected chi connectivity index (χ1v) is 8.51. The van der Waals surface area contributed by atoms with Crippen molar-refractivity contribution in [2.75, 3.05) is 18.8 Å². The number of aromatic nitrogens is 4. The average molecular weight is 372 g/mol. The van der Waals surface area contributed by atoms with Crippen molar-refractivity contribution < 1.29 is 13.9 Å². The Kier molecular flexibility index (Phi) is 4.23. The van der Waals surface area contributed by atoms with Crippen LogP contribution in [0.5, 0.6) is 5.75 Å². The van der Waals surface area contributed by atoms with Crippen LogP contribution >= 0.6 is 0 Å². The van der Waals surface area contributed by atoms with E-state index in [1.807, 2.05) is 0 Å². The molecular weight excluding hydrogens is 354 g/mol. The van der Waals surface area contributed by atoms with Crippen LogP contribution in [0.3, 0.4) is 0 Å². The summed E-state index contributed by atoms with van der Waals surface area (Å²) in [5.41, 5.74) is 7.67. The van der Waals surface area contributed by atoms with E-state index in [1.54, 1.807) is 30.5 Å². The van der Waals surface area contributed by atoms with E-state index in [0.717, 1.165) is 0 Å². The summed E-state index contributed by atoms with van der Waals surface area (Å²) in [5, 5.41) is 24.9. The average Bonchev–Trinajstić information content (AvgIpc) is 3.12. The van der Waals surface area contributed by atoms with E-state index in [0.29, 0.717) is 35.5 Å². The number of benzene rings is 1. The molecule has 140 valence electrons. The number of aromatic hydroxyl groups is 1. The van der Waals surface area contributed by atoms with Gasteiger partial charge < -0.3 is 16.2 Å². The quantitative estimate of drug-likeness (QED) is 0.652. The number of nitrogens with two attached hydrogens (primary N) is 1. The van der Waals surface area contributed by atoms with Crippen molar-refractivity contribution in [2.45, 2.75) is 18.3 Å². The summed E-state index contributed by atoms with van der Waals surface area (Å²) in [6.07, 6.45) is 3.31. The summed E-state index contributed by atoms with van der Waals surface area (Å²) in [6, 6.07) is 8.32. The fourth-order valence-electron chi connectivity index (χ4n) is 3.29. The fraction of sp³-hybridized carbons (Fsp3) is 0.278. The van der Waals surface area contributed by atoms with E-state index in [2.05, 4.69) is 20.6 Å². The van der Waals surface area contributed by atoms with Gasteiger partial charge in [0.1, 0.15) is 11.4 Å². The summed E-state index contributed by atoms with van der Waals surface area (Å²) < 4.78 is 29.8. The first-order chi connectivity index (χ1) is 13.0. The number of para-hydroxylation sites is 1. The van der Waals surface area contributed by atoms with Crippen LogP contribution in [0.15, 0.2) is 42.7 Å². The summed E-state index contributed by atoms with van der Waals surface area (Å²) in [4.78, 5) is 0. The lowest BCUT2D eigenvalue weighted by Crippen LogP contribution is -2.44. The highest BCUT2D eigenvalue weighted by molar-refractivity contribution is 5.70. The zero-order chi connectivity index (χ0) is 19.0. The summed E-state index contributed by atoms with van der Waals surface area (Å²) in [5.74, 6) is -3.57. The minimum absolute atomic E-state index is 0.0537. The first kappa shape index (κ1) is 17.3. The van der Waals surface area contributed by atoms with Crippen molar-refractivity contribution in [1.82, 2.24) is 25.3 Å². The van der Waals surface area contributed by atoms with E-state index in [9.17, 15) is 13.9 Å². The molecule has 0 radical (unpaired) electrons. The maximum absolute atomic E-state index is 14.2. The fourth-order valence-corrected chi connectivity index (χ4v) is 3.29. The van der Waals surface area contributed by atoms with E-state index in [4.69, 9.17) is 5.73 Å². The smallest absolute Gasteiger partial charge is 0.267 e. The van der Waals surface area contributed by atoms with Crippen LogP contribution in [0.2, 0.25) is 0 Å². The molecule has 1 saturated heterocycles. The number of nitrogens with one attached hydrogen (secondary N) is 1. The van der Waals surface area contributed by atoms with Gasteiger partial charge >= 0.3 is 0 Å². The third-order valence-corrected chi connectivity index (χ3v) is 4.71. The Morgan fingerprint density at radius 3 is 2.85 bits per heavy atom. The maximum atomic E-state index is 14.2. The van der Waals surface area contributed by atoms with Gasteiger partial charge in [-0.05, 0) is 36.7 Å². The number of nitrogen functional groups attached to an aromatic ring is 1. The van der Waals surface area contributed by atoms with Gasteiger partial charge in [0.25, 0.3) is 5.92 Å². The van der Waals surface area contributed by atoms with Crippen molar-refractivity contribution in [1.29, 1.82) is 0 Å². The lowest BCUT2D eigenvalue weighted by molar-refractivity contribution is -0.0420. The molecule has 1 aromatic carbocycles. The van der Waals surface area contributed by atoms with Gasteiger partial charge in [0.15, 0.2) is 5.82 Å². The second-order valence-electron chi connectivity index (χ2n) is 6.51. The Labute approximate surface area is 153 Å². The number of hydrogen-bond donors (Lipinski definition) is 3. The van der Waals surface area contributed by atoms with E-state index in [1.165, 1.54) is 16.9 Å². The lowest BCUT2D eigenvalue weighted by Gasteiger charge is -2.31. The van der Waals surface area contributed by atoms with Gasteiger partial charge in [0.05, 0.1) is 24.4 Å². The Morgan fingerprint density at radius 2 is 2.07 bits per heavy atom. The topological polar surface area (TPSA) is 102 Å². The van der Waals surface area contributed by atoms with Gasteiger partial charge in [-0.1, -0.05) is 12.1 Å². The molecule has 4 N–H and O–H groups in total. The van der Waals surface area contributed by atoms with Crippen LogP contribution in [-0.2, 0) is 0 Å². The van der Waals surface area contributed by atoms with E-state index in [-0.39, 0.29) is 18.1 Å². The zero-order valence-corrected chi connectivity index (χ0v) is 14.3. The first-order valence-electron chi connectivity index (χ1n) is 8.51. The molecular formula is C18H18F2N6O. The van der Waals surface area contributed by atoms with Crippen molar-refractivity contribution in [3.05, 3.63) is 48.3 Å². The van der Waals surface area contributed by atoms with E-state index >= 15 is 0 Å². The number of alkyl halides is 2. The molecule has 1 aliphatic rings. The molecule has 0 saturated carbocycles. The molecule has 1 aliphatic heterocycles. The highest BCUT2D eigenvalue weighted by Gasteiger charge is 2.43. The van der Waals surface area contributed by atoms with Crippen molar-refractivity contribution in [3.8, 4) is 22.7 Å². The van der Waals surface area contributed by atoms with Crippen LogP contribution in [0, 0.1) is 0 Å². The molecule has 1 fully saturated rings. The second-order valence-corrected chi connectivity index (χ2v) is 6.51. The third kappa shape index (κ3) is 3.21. The van der Waals surface area contributed by atoms with Crippen molar-refractivity contribution in [2.24, 2.45) is 0 Å². The van der Waals surface area contributed by atoms with Gasteiger partial charge in [0, 0.05) is 11.8 Å². The molecule has 1 atom stereocenters. The number of halogens is 2. The molecule has 0 spiro atoms. The molecule has 0 aliphatic carbocycles. The van der Waals surface area contributed by atoms with Crippen LogP contribution in [0.25, 0.3) is 16.9 Å². The molecule has 1 unspecified atom stereocenters.